The minimum atomic E-state index is -0.499. The van der Waals surface area contributed by atoms with E-state index >= 15 is 0 Å². The Labute approximate surface area is 132 Å². The second-order valence-corrected chi connectivity index (χ2v) is 5.89. The first-order chi connectivity index (χ1) is 10.6. The predicted octanol–water partition coefficient (Wildman–Crippen LogP) is 2.41. The Morgan fingerprint density at radius 2 is 2.23 bits per heavy atom. The molecule has 2 rings (SSSR count). The van der Waals surface area contributed by atoms with E-state index in [2.05, 4.69) is 30.2 Å². The van der Waals surface area contributed by atoms with Crippen LogP contribution in [0.1, 0.15) is 37.3 Å². The summed E-state index contributed by atoms with van der Waals surface area (Å²) in [6.45, 7) is 5.80. The van der Waals surface area contributed by atoms with Crippen LogP contribution in [-0.4, -0.2) is 24.0 Å². The van der Waals surface area contributed by atoms with Crippen LogP contribution in [0.5, 0.6) is 0 Å². The smallest absolute Gasteiger partial charge is 0.238 e. The average Bonchev–Trinajstić information content (AvgIpc) is 2.54. The number of nitrogens with one attached hydrogen (secondary N) is 2. The first-order valence-electron chi connectivity index (χ1n) is 7.80. The van der Waals surface area contributed by atoms with Crippen LogP contribution in [0.15, 0.2) is 30.8 Å². The Bertz CT molecular complexity index is 559. The van der Waals surface area contributed by atoms with Gasteiger partial charge in [0.05, 0.1) is 12.1 Å². The van der Waals surface area contributed by atoms with E-state index in [0.29, 0.717) is 12.5 Å². The molecule has 0 aromatic heterocycles. The van der Waals surface area contributed by atoms with Gasteiger partial charge in [-0.05, 0) is 37.3 Å². The number of hydrogen-bond acceptors (Lipinski definition) is 3. The minimum absolute atomic E-state index is 0.0687. The third kappa shape index (κ3) is 4.44. The quantitative estimate of drug-likeness (QED) is 0.877. The van der Waals surface area contributed by atoms with Crippen molar-refractivity contribution in [1.29, 1.82) is 5.26 Å². The number of rotatable bonds is 5. The molecule has 1 aliphatic heterocycles. The maximum Gasteiger partial charge on any atom is 0.238 e. The highest BCUT2D eigenvalue weighted by Gasteiger charge is 2.25. The molecule has 0 unspecified atom stereocenters. The summed E-state index contributed by atoms with van der Waals surface area (Å²) in [4.78, 5) is 12.3. The van der Waals surface area contributed by atoms with Crippen LogP contribution in [0.3, 0.4) is 0 Å². The van der Waals surface area contributed by atoms with Gasteiger partial charge < -0.3 is 10.6 Å². The van der Waals surface area contributed by atoms with Crippen molar-refractivity contribution in [3.8, 4) is 6.07 Å². The molecule has 1 aromatic rings. The van der Waals surface area contributed by atoms with E-state index in [1.54, 1.807) is 6.08 Å². The van der Waals surface area contributed by atoms with Gasteiger partial charge >= 0.3 is 0 Å². The van der Waals surface area contributed by atoms with Crippen molar-refractivity contribution in [3.63, 3.8) is 0 Å². The van der Waals surface area contributed by atoms with Gasteiger partial charge in [-0.3, -0.25) is 4.79 Å². The van der Waals surface area contributed by atoms with Crippen molar-refractivity contribution in [2.75, 3.05) is 0 Å². The molecule has 0 bridgehead atoms. The Morgan fingerprint density at radius 3 is 2.82 bits per heavy atom. The van der Waals surface area contributed by atoms with Crippen LogP contribution < -0.4 is 10.6 Å². The lowest BCUT2D eigenvalue weighted by Crippen LogP contribution is -2.52. The Hall–Kier alpha value is -2.12. The number of nitrogens with zero attached hydrogens (tertiary/aromatic N) is 1. The van der Waals surface area contributed by atoms with Crippen molar-refractivity contribution < 1.29 is 4.79 Å². The molecule has 1 aromatic carbocycles. The lowest BCUT2D eigenvalue weighted by atomic mass is 9.98. The van der Waals surface area contributed by atoms with Gasteiger partial charge in [0.25, 0.3) is 0 Å². The van der Waals surface area contributed by atoms with Crippen LogP contribution in [0.2, 0.25) is 0 Å². The van der Waals surface area contributed by atoms with Gasteiger partial charge in [-0.15, -0.1) is 0 Å². The summed E-state index contributed by atoms with van der Waals surface area (Å²) in [6, 6.07) is 9.72. The Balaban J connectivity index is 1.92. The summed E-state index contributed by atoms with van der Waals surface area (Å²) in [5.41, 5.74) is 2.07. The van der Waals surface area contributed by atoms with Crippen molar-refractivity contribution >= 4 is 12.0 Å². The van der Waals surface area contributed by atoms with E-state index in [4.69, 9.17) is 0 Å². The SMILES string of the molecule is C=Cc1ccc(C[C@@H](C#N)NC(=O)[C@@H]2CCC[C@H](C)N2)cc1. The normalized spacial score (nSPS) is 22.4. The lowest BCUT2D eigenvalue weighted by molar-refractivity contribution is -0.124. The largest absolute Gasteiger partial charge is 0.339 e. The molecule has 0 radical (unpaired) electrons. The monoisotopic (exact) mass is 297 g/mol. The molecule has 4 heteroatoms. The summed E-state index contributed by atoms with van der Waals surface area (Å²) in [5, 5.41) is 15.4. The number of carbonyl (C=O) groups excluding carboxylic acids is 1. The van der Waals surface area contributed by atoms with Crippen molar-refractivity contribution in [3.05, 3.63) is 42.0 Å². The second-order valence-electron chi connectivity index (χ2n) is 5.89. The summed E-state index contributed by atoms with van der Waals surface area (Å²) in [6.07, 6.45) is 5.28. The molecule has 0 aliphatic carbocycles. The van der Waals surface area contributed by atoms with Gasteiger partial charge in [0, 0.05) is 12.5 Å². The molecular formula is C18H23N3O. The molecule has 1 amide bonds. The van der Waals surface area contributed by atoms with Crippen LogP contribution in [-0.2, 0) is 11.2 Å². The summed E-state index contributed by atoms with van der Waals surface area (Å²) in [7, 11) is 0. The van der Waals surface area contributed by atoms with Crippen LogP contribution >= 0.6 is 0 Å². The molecule has 22 heavy (non-hydrogen) atoms. The third-order valence-corrected chi connectivity index (χ3v) is 4.06. The molecule has 0 saturated carbocycles. The summed E-state index contributed by atoms with van der Waals surface area (Å²) < 4.78 is 0. The van der Waals surface area contributed by atoms with Gasteiger partial charge in [0.2, 0.25) is 5.91 Å². The highest BCUT2D eigenvalue weighted by atomic mass is 16.2. The number of carbonyl (C=O) groups is 1. The van der Waals surface area contributed by atoms with Gasteiger partial charge in [-0.1, -0.05) is 36.9 Å². The first kappa shape index (κ1) is 16.3. The highest BCUT2D eigenvalue weighted by Crippen LogP contribution is 2.13. The number of benzene rings is 1. The van der Waals surface area contributed by atoms with E-state index < -0.39 is 6.04 Å². The molecule has 2 N–H and O–H groups in total. The second kappa shape index (κ2) is 7.77. The van der Waals surface area contributed by atoms with E-state index in [1.165, 1.54) is 0 Å². The number of hydrogen-bond donors (Lipinski definition) is 2. The molecule has 116 valence electrons. The molecule has 3 atom stereocenters. The van der Waals surface area contributed by atoms with Crippen molar-refractivity contribution in [1.82, 2.24) is 10.6 Å². The summed E-state index contributed by atoms with van der Waals surface area (Å²) >= 11 is 0. The fraction of sp³-hybridized carbons (Fsp3) is 0.444. The van der Waals surface area contributed by atoms with Crippen LogP contribution in [0.25, 0.3) is 6.08 Å². The molecular weight excluding hydrogens is 274 g/mol. The average molecular weight is 297 g/mol. The molecule has 1 aliphatic rings. The maximum atomic E-state index is 12.3. The van der Waals surface area contributed by atoms with Crippen molar-refractivity contribution in [2.45, 2.75) is 50.7 Å². The zero-order valence-corrected chi connectivity index (χ0v) is 13.0. The predicted molar refractivity (Wildman–Crippen MR) is 88.0 cm³/mol. The molecule has 1 saturated heterocycles. The van der Waals surface area contributed by atoms with Gasteiger partial charge in [0.15, 0.2) is 0 Å². The Morgan fingerprint density at radius 1 is 1.50 bits per heavy atom. The van der Waals surface area contributed by atoms with Crippen molar-refractivity contribution in [2.24, 2.45) is 0 Å². The zero-order chi connectivity index (χ0) is 15.9. The van der Waals surface area contributed by atoms with Gasteiger partial charge in [-0.2, -0.15) is 5.26 Å². The third-order valence-electron chi connectivity index (χ3n) is 4.06. The van der Waals surface area contributed by atoms with Crippen LogP contribution in [0.4, 0.5) is 0 Å². The molecule has 4 nitrogen and oxygen atoms in total. The standard InChI is InChI=1S/C18H23N3O/c1-3-14-7-9-15(10-8-14)11-16(12-19)21-18(22)17-6-4-5-13(2)20-17/h3,7-10,13,16-17,20H,1,4-6,11H2,2H3,(H,21,22)/t13-,16-,17-/m0/s1. The fourth-order valence-electron chi connectivity index (χ4n) is 2.77. The zero-order valence-electron chi connectivity index (χ0n) is 13.0. The maximum absolute atomic E-state index is 12.3. The van der Waals surface area contributed by atoms with E-state index in [0.717, 1.165) is 30.4 Å². The van der Waals surface area contributed by atoms with E-state index in [9.17, 15) is 10.1 Å². The fourth-order valence-corrected chi connectivity index (χ4v) is 2.77. The summed E-state index contributed by atoms with van der Waals surface area (Å²) in [5.74, 6) is -0.0687. The molecule has 1 fully saturated rings. The molecule has 0 spiro atoms. The topological polar surface area (TPSA) is 64.9 Å². The van der Waals surface area contributed by atoms with E-state index in [1.807, 2.05) is 24.3 Å². The Kier molecular flexibility index (Phi) is 5.74. The number of amides is 1. The minimum Gasteiger partial charge on any atom is -0.339 e. The number of nitriles is 1. The highest BCUT2D eigenvalue weighted by molar-refractivity contribution is 5.82. The van der Waals surface area contributed by atoms with E-state index in [-0.39, 0.29) is 11.9 Å². The lowest BCUT2D eigenvalue weighted by Gasteiger charge is -2.28. The number of piperidine rings is 1. The molecule has 1 heterocycles. The van der Waals surface area contributed by atoms with Gasteiger partial charge in [-0.25, -0.2) is 0 Å². The van der Waals surface area contributed by atoms with Gasteiger partial charge in [0.1, 0.15) is 6.04 Å². The first-order valence-corrected chi connectivity index (χ1v) is 7.80. The van der Waals surface area contributed by atoms with Crippen LogP contribution in [0, 0.1) is 11.3 Å².